The van der Waals surface area contributed by atoms with Crippen molar-refractivity contribution in [3.63, 3.8) is 0 Å². The van der Waals surface area contributed by atoms with Crippen molar-refractivity contribution >= 4 is 17.7 Å². The number of hydrazine groups is 1. The van der Waals surface area contributed by atoms with E-state index in [1.54, 1.807) is 11.8 Å². The highest BCUT2D eigenvalue weighted by atomic mass is 32.2. The van der Waals surface area contributed by atoms with Crippen molar-refractivity contribution in [2.45, 2.75) is 25.0 Å². The molecule has 3 N–H and O–H groups in total. The zero-order chi connectivity index (χ0) is 11.0. The average Bonchev–Trinajstić information content (AvgIpc) is 2.15. The number of thioether (sulfide) groups is 1. The van der Waals surface area contributed by atoms with Crippen molar-refractivity contribution in [1.29, 1.82) is 0 Å². The third-order valence-electron chi connectivity index (χ3n) is 1.84. The van der Waals surface area contributed by atoms with Crippen molar-refractivity contribution in [2.75, 3.05) is 26.4 Å². The molecule has 0 aromatic heterocycles. The predicted octanol–water partition coefficient (Wildman–Crippen LogP) is 0.440. The molecule has 0 bridgehead atoms. The van der Waals surface area contributed by atoms with Gasteiger partial charge in [-0.2, -0.15) is 0 Å². The standard InChI is InChI=1S/C9H21N3OS/c1-4-5-8(9(13)11-10)14-7-6-12(2)3/h8H,4-7,10H2,1-3H3,(H,11,13). The lowest BCUT2D eigenvalue weighted by Crippen LogP contribution is -2.38. The molecule has 0 aromatic carbocycles. The zero-order valence-corrected chi connectivity index (χ0v) is 10.1. The number of rotatable bonds is 7. The van der Waals surface area contributed by atoms with Gasteiger partial charge < -0.3 is 4.90 Å². The summed E-state index contributed by atoms with van der Waals surface area (Å²) in [6, 6.07) is 0. The van der Waals surface area contributed by atoms with Crippen LogP contribution >= 0.6 is 11.8 Å². The molecule has 0 fully saturated rings. The maximum Gasteiger partial charge on any atom is 0.246 e. The van der Waals surface area contributed by atoms with Gasteiger partial charge in [-0.25, -0.2) is 5.84 Å². The van der Waals surface area contributed by atoms with Crippen molar-refractivity contribution in [1.82, 2.24) is 10.3 Å². The monoisotopic (exact) mass is 219 g/mol. The Balaban J connectivity index is 3.78. The normalized spacial score (nSPS) is 12.9. The summed E-state index contributed by atoms with van der Waals surface area (Å²) in [4.78, 5) is 13.4. The van der Waals surface area contributed by atoms with Crippen molar-refractivity contribution in [3.05, 3.63) is 0 Å². The summed E-state index contributed by atoms with van der Waals surface area (Å²) in [6.45, 7) is 3.06. The molecule has 0 aromatic rings. The van der Waals surface area contributed by atoms with Gasteiger partial charge in [0.15, 0.2) is 0 Å². The zero-order valence-electron chi connectivity index (χ0n) is 9.25. The second-order valence-electron chi connectivity index (χ2n) is 3.46. The van der Waals surface area contributed by atoms with Gasteiger partial charge in [-0.05, 0) is 20.5 Å². The Kier molecular flexibility index (Phi) is 7.93. The van der Waals surface area contributed by atoms with E-state index in [4.69, 9.17) is 5.84 Å². The summed E-state index contributed by atoms with van der Waals surface area (Å²) < 4.78 is 0. The molecule has 0 aliphatic rings. The Morgan fingerprint density at radius 3 is 2.64 bits per heavy atom. The molecule has 1 unspecified atom stereocenters. The van der Waals surface area contributed by atoms with E-state index in [1.807, 2.05) is 14.1 Å². The molecule has 0 aliphatic carbocycles. The molecule has 0 spiro atoms. The molecule has 84 valence electrons. The van der Waals surface area contributed by atoms with Gasteiger partial charge in [-0.3, -0.25) is 10.2 Å². The highest BCUT2D eigenvalue weighted by Crippen LogP contribution is 2.16. The Bertz CT molecular complexity index is 164. The van der Waals surface area contributed by atoms with Gasteiger partial charge in [0.25, 0.3) is 0 Å². The van der Waals surface area contributed by atoms with E-state index >= 15 is 0 Å². The molecule has 1 amide bonds. The van der Waals surface area contributed by atoms with Crippen LogP contribution in [0, 0.1) is 0 Å². The second-order valence-corrected chi connectivity index (χ2v) is 4.77. The van der Waals surface area contributed by atoms with Crippen LogP contribution in [0.25, 0.3) is 0 Å². The van der Waals surface area contributed by atoms with Crippen LogP contribution < -0.4 is 11.3 Å². The lowest BCUT2D eigenvalue weighted by molar-refractivity contribution is -0.120. The molecule has 0 radical (unpaired) electrons. The number of hydrogen-bond acceptors (Lipinski definition) is 4. The van der Waals surface area contributed by atoms with Crippen LogP contribution in [0.2, 0.25) is 0 Å². The van der Waals surface area contributed by atoms with E-state index in [1.165, 1.54) is 0 Å². The van der Waals surface area contributed by atoms with E-state index in [0.717, 1.165) is 25.1 Å². The molecule has 4 nitrogen and oxygen atoms in total. The van der Waals surface area contributed by atoms with Crippen LogP contribution in [0.1, 0.15) is 19.8 Å². The largest absolute Gasteiger partial charge is 0.309 e. The first kappa shape index (κ1) is 13.7. The summed E-state index contributed by atoms with van der Waals surface area (Å²) >= 11 is 1.67. The van der Waals surface area contributed by atoms with Gasteiger partial charge in [-0.1, -0.05) is 13.3 Å². The summed E-state index contributed by atoms with van der Waals surface area (Å²) in [6.07, 6.45) is 1.90. The van der Waals surface area contributed by atoms with E-state index in [0.29, 0.717) is 0 Å². The van der Waals surface area contributed by atoms with E-state index in [-0.39, 0.29) is 11.2 Å². The van der Waals surface area contributed by atoms with Crippen molar-refractivity contribution < 1.29 is 4.79 Å². The molecule has 0 saturated carbocycles. The smallest absolute Gasteiger partial charge is 0.246 e. The quantitative estimate of drug-likeness (QED) is 0.370. The SMILES string of the molecule is CCCC(SCCN(C)C)C(=O)NN. The topological polar surface area (TPSA) is 58.4 Å². The Hall–Kier alpha value is -0.260. The average molecular weight is 219 g/mol. The molecule has 0 aliphatic heterocycles. The molecular weight excluding hydrogens is 198 g/mol. The van der Waals surface area contributed by atoms with Crippen molar-refractivity contribution in [2.24, 2.45) is 5.84 Å². The van der Waals surface area contributed by atoms with Crippen LogP contribution in [0.4, 0.5) is 0 Å². The van der Waals surface area contributed by atoms with E-state index in [2.05, 4.69) is 17.2 Å². The minimum Gasteiger partial charge on any atom is -0.309 e. The fraction of sp³-hybridized carbons (Fsp3) is 0.889. The minimum absolute atomic E-state index is 0.00458. The number of nitrogens with two attached hydrogens (primary N) is 1. The number of carbonyl (C=O) groups is 1. The molecule has 0 saturated heterocycles. The molecule has 14 heavy (non-hydrogen) atoms. The van der Waals surface area contributed by atoms with Crippen LogP contribution in [-0.4, -0.2) is 42.4 Å². The Labute approximate surface area is 90.6 Å². The maximum absolute atomic E-state index is 11.3. The van der Waals surface area contributed by atoms with Gasteiger partial charge >= 0.3 is 0 Å². The first-order valence-corrected chi connectivity index (χ1v) is 5.93. The number of hydrogen-bond donors (Lipinski definition) is 2. The molecule has 1 atom stereocenters. The number of amides is 1. The lowest BCUT2D eigenvalue weighted by Gasteiger charge is -2.15. The maximum atomic E-state index is 11.3. The van der Waals surface area contributed by atoms with E-state index in [9.17, 15) is 4.79 Å². The van der Waals surface area contributed by atoms with Crippen LogP contribution in [0.5, 0.6) is 0 Å². The van der Waals surface area contributed by atoms with Crippen molar-refractivity contribution in [3.8, 4) is 0 Å². The molecular formula is C9H21N3OS. The molecule has 0 heterocycles. The first-order valence-electron chi connectivity index (χ1n) is 4.88. The minimum atomic E-state index is -0.0596. The fourth-order valence-corrected chi connectivity index (χ4v) is 2.40. The first-order chi connectivity index (χ1) is 6.61. The summed E-state index contributed by atoms with van der Waals surface area (Å²) in [5.41, 5.74) is 2.21. The fourth-order valence-electron chi connectivity index (χ4n) is 1.02. The third kappa shape index (κ3) is 6.23. The van der Waals surface area contributed by atoms with Crippen LogP contribution in [0.3, 0.4) is 0 Å². The third-order valence-corrected chi connectivity index (χ3v) is 3.11. The summed E-state index contributed by atoms with van der Waals surface area (Å²) in [5, 5.41) is 0.00458. The highest BCUT2D eigenvalue weighted by Gasteiger charge is 2.16. The highest BCUT2D eigenvalue weighted by molar-refractivity contribution is 8.00. The Morgan fingerprint density at radius 1 is 1.57 bits per heavy atom. The number of nitrogens with zero attached hydrogens (tertiary/aromatic N) is 1. The van der Waals surface area contributed by atoms with Gasteiger partial charge in [0.2, 0.25) is 5.91 Å². The van der Waals surface area contributed by atoms with E-state index < -0.39 is 0 Å². The second kappa shape index (κ2) is 8.08. The number of nitrogens with one attached hydrogen (secondary N) is 1. The number of carbonyl (C=O) groups excluding carboxylic acids is 1. The summed E-state index contributed by atoms with van der Waals surface area (Å²) in [5.74, 6) is 6.02. The Morgan fingerprint density at radius 2 is 2.21 bits per heavy atom. The van der Waals surface area contributed by atoms with Gasteiger partial charge in [0.1, 0.15) is 0 Å². The van der Waals surface area contributed by atoms with Crippen LogP contribution in [-0.2, 0) is 4.79 Å². The summed E-state index contributed by atoms with van der Waals surface area (Å²) in [7, 11) is 4.05. The van der Waals surface area contributed by atoms with Gasteiger partial charge in [0, 0.05) is 12.3 Å². The van der Waals surface area contributed by atoms with Gasteiger partial charge in [-0.15, -0.1) is 11.8 Å². The van der Waals surface area contributed by atoms with Gasteiger partial charge in [0.05, 0.1) is 5.25 Å². The molecule has 5 heteroatoms. The molecule has 0 rings (SSSR count). The predicted molar refractivity (Wildman–Crippen MR) is 62.0 cm³/mol. The lowest BCUT2D eigenvalue weighted by atomic mass is 10.2. The van der Waals surface area contributed by atoms with Crippen LogP contribution in [0.15, 0.2) is 0 Å².